The van der Waals surface area contributed by atoms with Crippen molar-refractivity contribution in [2.45, 2.75) is 5.41 Å². The van der Waals surface area contributed by atoms with Crippen molar-refractivity contribution in [2.75, 3.05) is 9.80 Å². The number of aromatic nitrogens is 1. The quantitative estimate of drug-likeness (QED) is 0.159. The fourth-order valence-electron chi connectivity index (χ4n) is 12.3. The Morgan fingerprint density at radius 1 is 0.310 bits per heavy atom. The van der Waals surface area contributed by atoms with Gasteiger partial charge in [-0.3, -0.25) is 0 Å². The molecule has 0 N–H and O–H groups in total. The van der Waals surface area contributed by atoms with E-state index in [9.17, 15) is 0 Å². The van der Waals surface area contributed by atoms with Crippen molar-refractivity contribution >= 4 is 77.9 Å². The van der Waals surface area contributed by atoms with Gasteiger partial charge in [0.25, 0.3) is 0 Å². The molecule has 0 radical (unpaired) electrons. The Balaban J connectivity index is 1.03. The van der Waals surface area contributed by atoms with Gasteiger partial charge in [0.15, 0.2) is 0 Å². The predicted octanol–water partition coefficient (Wildman–Crippen LogP) is 18.0. The van der Waals surface area contributed by atoms with Gasteiger partial charge in [0.2, 0.25) is 0 Å². The molecule has 2 aliphatic rings. The van der Waals surface area contributed by atoms with Gasteiger partial charge < -0.3 is 18.8 Å². The zero-order valence-corrected chi connectivity index (χ0v) is 38.6. The fraction of sp³-hybridized carbons (Fsp3) is 0.0149. The van der Waals surface area contributed by atoms with Crippen LogP contribution in [0.1, 0.15) is 22.3 Å². The van der Waals surface area contributed by atoms with Gasteiger partial charge in [0, 0.05) is 61.5 Å². The molecular weight excluding hydrogens is 863 g/mol. The van der Waals surface area contributed by atoms with Gasteiger partial charge >= 0.3 is 0 Å². The number of hydrogen-bond acceptors (Lipinski definition) is 3. The molecule has 4 nitrogen and oxygen atoms in total. The molecule has 0 aliphatic heterocycles. The van der Waals surface area contributed by atoms with Crippen molar-refractivity contribution < 1.29 is 4.42 Å². The summed E-state index contributed by atoms with van der Waals surface area (Å²) in [5.41, 5.74) is 20.9. The van der Waals surface area contributed by atoms with Gasteiger partial charge in [-0.05, 0) is 142 Å². The van der Waals surface area contributed by atoms with Gasteiger partial charge in [-0.25, -0.2) is 0 Å². The van der Waals surface area contributed by atoms with E-state index >= 15 is 0 Å². The first kappa shape index (κ1) is 39.6. The van der Waals surface area contributed by atoms with Crippen LogP contribution >= 0.6 is 0 Å². The van der Waals surface area contributed by atoms with E-state index in [1.165, 1.54) is 44.3 Å². The molecule has 0 fully saturated rings. The highest BCUT2D eigenvalue weighted by molar-refractivity contribution is 6.25. The van der Waals surface area contributed by atoms with Crippen LogP contribution in [0, 0.1) is 0 Å². The largest absolute Gasteiger partial charge is 0.455 e. The summed E-state index contributed by atoms with van der Waals surface area (Å²) in [6, 6.07) is 95.0. The molecule has 1 atom stereocenters. The lowest BCUT2D eigenvalue weighted by atomic mass is 9.70. The molecule has 13 aromatic rings. The van der Waals surface area contributed by atoms with Gasteiger partial charge in [-0.2, -0.15) is 0 Å². The lowest BCUT2D eigenvalue weighted by Crippen LogP contribution is -2.26. The van der Waals surface area contributed by atoms with E-state index < -0.39 is 5.41 Å². The van der Waals surface area contributed by atoms with Crippen LogP contribution in [0.5, 0.6) is 0 Å². The maximum atomic E-state index is 7.54. The number of hydrogen-bond donors (Lipinski definition) is 0. The van der Waals surface area contributed by atoms with Gasteiger partial charge in [0.05, 0.1) is 21.8 Å². The third-order valence-corrected chi connectivity index (χ3v) is 15.1. The number of anilines is 6. The van der Waals surface area contributed by atoms with E-state index in [-0.39, 0.29) is 0 Å². The lowest BCUT2D eigenvalue weighted by Gasteiger charge is -2.32. The van der Waals surface area contributed by atoms with E-state index in [2.05, 4.69) is 275 Å². The molecule has 0 saturated heterocycles. The summed E-state index contributed by atoms with van der Waals surface area (Å²) in [6.07, 6.45) is 0. The van der Waals surface area contributed by atoms with Crippen LogP contribution in [-0.4, -0.2) is 4.57 Å². The SMILES string of the molecule is c1ccc(N(c2ccccc2)c2ccc3c(c2)-c2ccccc2C32c3cc(N(c4ccccc4)c4ccccc4)ccc3-c3c2ccc2c3oc3c2ccc2c3c3ccccc3n2-c2ccccc2)cc1. The summed E-state index contributed by atoms with van der Waals surface area (Å²) in [4.78, 5) is 4.75. The molecule has 2 heterocycles. The number of nitrogens with zero attached hydrogens (tertiary/aromatic N) is 3. The molecule has 1 spiro atoms. The van der Waals surface area contributed by atoms with Crippen molar-refractivity contribution in [2.24, 2.45) is 0 Å². The Kier molecular flexibility index (Phi) is 8.54. The lowest BCUT2D eigenvalue weighted by molar-refractivity contribution is 0.673. The zero-order valence-electron chi connectivity index (χ0n) is 38.6. The van der Waals surface area contributed by atoms with Crippen LogP contribution in [0.3, 0.4) is 0 Å². The Bertz CT molecular complexity index is 4140. The molecule has 4 heteroatoms. The van der Waals surface area contributed by atoms with Crippen molar-refractivity contribution in [3.63, 3.8) is 0 Å². The topological polar surface area (TPSA) is 24.6 Å². The van der Waals surface area contributed by atoms with E-state index in [4.69, 9.17) is 4.42 Å². The summed E-state index contributed by atoms with van der Waals surface area (Å²) in [5, 5.41) is 4.53. The minimum Gasteiger partial charge on any atom is -0.455 e. The number of benzene rings is 11. The Morgan fingerprint density at radius 3 is 1.48 bits per heavy atom. The number of para-hydroxylation sites is 6. The normalized spacial score (nSPS) is 14.3. The molecule has 2 aromatic heterocycles. The van der Waals surface area contributed by atoms with Crippen molar-refractivity contribution in [3.05, 3.63) is 283 Å². The maximum Gasteiger partial charge on any atom is 0.145 e. The Morgan fingerprint density at radius 2 is 0.817 bits per heavy atom. The average molecular weight is 906 g/mol. The molecule has 15 rings (SSSR count). The molecule has 0 saturated carbocycles. The third kappa shape index (κ3) is 5.61. The van der Waals surface area contributed by atoms with Crippen molar-refractivity contribution in [1.82, 2.24) is 4.57 Å². The molecule has 332 valence electrons. The number of fused-ring (bicyclic) bond motifs is 18. The molecule has 2 aliphatic carbocycles. The van der Waals surface area contributed by atoms with Crippen molar-refractivity contribution in [3.8, 4) is 27.9 Å². The summed E-state index contributed by atoms with van der Waals surface area (Å²) in [5.74, 6) is 0. The highest BCUT2D eigenvalue weighted by Crippen LogP contribution is 2.65. The second kappa shape index (κ2) is 15.3. The highest BCUT2D eigenvalue weighted by atomic mass is 16.3. The van der Waals surface area contributed by atoms with Crippen LogP contribution in [0.4, 0.5) is 34.1 Å². The van der Waals surface area contributed by atoms with Crippen LogP contribution < -0.4 is 9.80 Å². The smallest absolute Gasteiger partial charge is 0.145 e. The highest BCUT2D eigenvalue weighted by Gasteiger charge is 2.53. The van der Waals surface area contributed by atoms with E-state index in [1.807, 2.05) is 0 Å². The van der Waals surface area contributed by atoms with E-state index in [1.54, 1.807) is 0 Å². The molecule has 71 heavy (non-hydrogen) atoms. The van der Waals surface area contributed by atoms with E-state index in [0.717, 1.165) is 83.7 Å². The summed E-state index contributed by atoms with van der Waals surface area (Å²) in [7, 11) is 0. The maximum absolute atomic E-state index is 7.54. The first-order chi connectivity index (χ1) is 35.3. The predicted molar refractivity (Wildman–Crippen MR) is 294 cm³/mol. The second-order valence-corrected chi connectivity index (χ2v) is 18.8. The van der Waals surface area contributed by atoms with Crippen LogP contribution in [0.2, 0.25) is 0 Å². The summed E-state index contributed by atoms with van der Waals surface area (Å²) >= 11 is 0. The monoisotopic (exact) mass is 905 g/mol. The van der Waals surface area contributed by atoms with Gasteiger partial charge in [-0.1, -0.05) is 158 Å². The number of furan rings is 1. The van der Waals surface area contributed by atoms with E-state index in [0.29, 0.717) is 0 Å². The van der Waals surface area contributed by atoms with Crippen molar-refractivity contribution in [1.29, 1.82) is 0 Å². The van der Waals surface area contributed by atoms with Crippen LogP contribution in [-0.2, 0) is 5.41 Å². The zero-order chi connectivity index (χ0) is 46.6. The van der Waals surface area contributed by atoms with Crippen LogP contribution in [0.15, 0.2) is 265 Å². The summed E-state index contributed by atoms with van der Waals surface area (Å²) < 4.78 is 9.91. The minimum atomic E-state index is -0.666. The third-order valence-electron chi connectivity index (χ3n) is 15.1. The Labute approximate surface area is 411 Å². The fourth-order valence-corrected chi connectivity index (χ4v) is 12.3. The number of rotatable bonds is 7. The second-order valence-electron chi connectivity index (χ2n) is 18.8. The first-order valence-corrected chi connectivity index (χ1v) is 24.4. The standard InChI is InChI=1S/C67H43N3O/c1-6-20-44(21-7-1)68(45-22-8-2-9-23-45)49-35-39-58-56(42-49)51-30-16-18-32-57(51)67(58)59-40-37-52-53-38-41-62-64(55-31-17-19-33-61(55)70(62)48-28-14-5-15-29-48)66(53)71-65(52)63(59)54-36-34-50(43-60(54)67)69(46-24-10-3-11-25-46)47-26-12-4-13-27-47/h1-43H. The molecular formula is C67H43N3O. The Hall–Kier alpha value is -9.38. The van der Waals surface area contributed by atoms with Gasteiger partial charge in [0.1, 0.15) is 11.2 Å². The average Bonchev–Trinajstić information content (AvgIpc) is 4.16. The molecule has 1 unspecified atom stereocenters. The molecule has 11 aromatic carbocycles. The van der Waals surface area contributed by atoms with Gasteiger partial charge in [-0.15, -0.1) is 0 Å². The summed E-state index contributed by atoms with van der Waals surface area (Å²) in [6.45, 7) is 0. The molecule has 0 amide bonds. The molecule has 0 bridgehead atoms. The first-order valence-electron chi connectivity index (χ1n) is 24.4. The minimum absolute atomic E-state index is 0.666. The van der Waals surface area contributed by atoms with Crippen LogP contribution in [0.25, 0.3) is 71.7 Å².